The second kappa shape index (κ2) is 5.32. The summed E-state index contributed by atoms with van der Waals surface area (Å²) < 4.78 is 37.9. The molecule has 2 unspecified atom stereocenters. The van der Waals surface area contributed by atoms with Crippen molar-refractivity contribution >= 4 is 27.5 Å². The highest BCUT2D eigenvalue weighted by atomic mass is 32.1. The van der Waals surface area contributed by atoms with E-state index >= 15 is 0 Å². The molecule has 106 valence electrons. The average molecular weight is 294 g/mol. The van der Waals surface area contributed by atoms with Gasteiger partial charge in [0.25, 0.3) is 0 Å². The van der Waals surface area contributed by atoms with Crippen molar-refractivity contribution in [2.75, 3.05) is 11.1 Å². The molecule has 0 aliphatic heterocycles. The normalized spacial score (nSPS) is 24.2. The number of nitrogen functional groups attached to an aromatic ring is 1. The van der Waals surface area contributed by atoms with Gasteiger partial charge in [-0.3, -0.25) is 4.79 Å². The molecule has 5 nitrogen and oxygen atoms in total. The second-order valence-electron chi connectivity index (χ2n) is 4.54. The summed E-state index contributed by atoms with van der Waals surface area (Å²) in [5.74, 6) is -2.47. The van der Waals surface area contributed by atoms with Gasteiger partial charge in [-0.15, -0.1) is 10.2 Å². The maximum atomic E-state index is 12.6. The first kappa shape index (κ1) is 14.0. The molecule has 1 aromatic heterocycles. The van der Waals surface area contributed by atoms with E-state index in [2.05, 4.69) is 15.5 Å². The second-order valence-corrected chi connectivity index (χ2v) is 5.55. The number of carbonyl (C=O) groups is 1. The number of nitrogens with zero attached hydrogens (tertiary/aromatic N) is 2. The number of hydrogen-bond donors (Lipinski definition) is 2. The lowest BCUT2D eigenvalue weighted by molar-refractivity contribution is -0.185. The molecule has 1 heterocycles. The number of rotatable bonds is 2. The zero-order valence-electron chi connectivity index (χ0n) is 9.91. The highest BCUT2D eigenvalue weighted by Gasteiger charge is 2.43. The Morgan fingerprint density at radius 1 is 1.37 bits per heavy atom. The van der Waals surface area contributed by atoms with Crippen molar-refractivity contribution in [3.63, 3.8) is 0 Å². The quantitative estimate of drug-likeness (QED) is 0.877. The van der Waals surface area contributed by atoms with E-state index in [1.54, 1.807) is 0 Å². The largest absolute Gasteiger partial charge is 0.391 e. The van der Waals surface area contributed by atoms with E-state index in [4.69, 9.17) is 5.73 Å². The van der Waals surface area contributed by atoms with Crippen molar-refractivity contribution in [3.05, 3.63) is 0 Å². The molecule has 2 atom stereocenters. The minimum absolute atomic E-state index is 0.0963. The standard InChI is InChI=1S/C10H13F3N4OS/c11-10(12,13)6-3-1-2-5(4-6)7(18)15-9-17-16-8(14)19-9/h5-6H,1-4H2,(H2,14,16)(H,15,17,18). The van der Waals surface area contributed by atoms with Gasteiger partial charge in [0.1, 0.15) is 0 Å². The monoisotopic (exact) mass is 294 g/mol. The van der Waals surface area contributed by atoms with Gasteiger partial charge >= 0.3 is 6.18 Å². The topological polar surface area (TPSA) is 80.9 Å². The lowest BCUT2D eigenvalue weighted by atomic mass is 9.80. The van der Waals surface area contributed by atoms with Gasteiger partial charge in [0.2, 0.25) is 16.2 Å². The Kier molecular flexibility index (Phi) is 3.93. The molecule has 0 aromatic carbocycles. The van der Waals surface area contributed by atoms with Gasteiger partial charge in [-0.25, -0.2) is 0 Å². The summed E-state index contributed by atoms with van der Waals surface area (Å²) >= 11 is 0.988. The van der Waals surface area contributed by atoms with Crippen molar-refractivity contribution in [1.29, 1.82) is 0 Å². The van der Waals surface area contributed by atoms with Crippen LogP contribution in [0.2, 0.25) is 0 Å². The number of hydrogen-bond acceptors (Lipinski definition) is 5. The third-order valence-corrected chi connectivity index (χ3v) is 3.85. The van der Waals surface area contributed by atoms with Crippen LogP contribution in [0.5, 0.6) is 0 Å². The first-order chi connectivity index (χ1) is 8.86. The average Bonchev–Trinajstić information content (AvgIpc) is 2.74. The zero-order chi connectivity index (χ0) is 14.0. The molecule has 2 rings (SSSR count). The predicted molar refractivity (Wildman–Crippen MR) is 64.5 cm³/mol. The molecule has 1 fully saturated rings. The Balaban J connectivity index is 1.95. The van der Waals surface area contributed by atoms with Crippen molar-refractivity contribution in [2.24, 2.45) is 11.8 Å². The highest BCUT2D eigenvalue weighted by molar-refractivity contribution is 7.18. The van der Waals surface area contributed by atoms with Crippen molar-refractivity contribution in [3.8, 4) is 0 Å². The molecule has 1 saturated carbocycles. The van der Waals surface area contributed by atoms with Crippen LogP contribution in [-0.2, 0) is 4.79 Å². The fourth-order valence-electron chi connectivity index (χ4n) is 2.22. The Bertz CT molecular complexity index is 462. The summed E-state index contributed by atoms with van der Waals surface area (Å²) in [7, 11) is 0. The molecule has 0 saturated heterocycles. The van der Waals surface area contributed by atoms with Crippen molar-refractivity contribution < 1.29 is 18.0 Å². The number of alkyl halides is 3. The van der Waals surface area contributed by atoms with Crippen LogP contribution in [0.15, 0.2) is 0 Å². The molecule has 9 heteroatoms. The zero-order valence-corrected chi connectivity index (χ0v) is 10.7. The summed E-state index contributed by atoms with van der Waals surface area (Å²) in [5, 5.41) is 10.0. The maximum Gasteiger partial charge on any atom is 0.391 e. The lowest BCUT2D eigenvalue weighted by Crippen LogP contribution is -2.34. The van der Waals surface area contributed by atoms with Crippen molar-refractivity contribution in [2.45, 2.75) is 31.9 Å². The number of nitrogens with two attached hydrogens (primary N) is 1. The molecule has 0 bridgehead atoms. The van der Waals surface area contributed by atoms with E-state index in [-0.39, 0.29) is 23.1 Å². The first-order valence-electron chi connectivity index (χ1n) is 5.83. The van der Waals surface area contributed by atoms with Gasteiger partial charge < -0.3 is 11.1 Å². The van der Waals surface area contributed by atoms with Crippen LogP contribution in [-0.4, -0.2) is 22.3 Å². The third-order valence-electron chi connectivity index (χ3n) is 3.18. The van der Waals surface area contributed by atoms with Crippen molar-refractivity contribution in [1.82, 2.24) is 10.2 Å². The molecule has 1 aliphatic carbocycles. The minimum atomic E-state index is -4.23. The minimum Gasteiger partial charge on any atom is -0.374 e. The van der Waals surface area contributed by atoms with Crippen LogP contribution in [0, 0.1) is 11.8 Å². The van der Waals surface area contributed by atoms with Gasteiger partial charge in [0.15, 0.2) is 0 Å². The van der Waals surface area contributed by atoms with E-state index < -0.39 is 23.9 Å². The highest BCUT2D eigenvalue weighted by Crippen LogP contribution is 2.40. The fourth-order valence-corrected chi connectivity index (χ4v) is 2.73. The van der Waals surface area contributed by atoms with Crippen LogP contribution in [0.3, 0.4) is 0 Å². The van der Waals surface area contributed by atoms with E-state index in [1.807, 2.05) is 0 Å². The van der Waals surface area contributed by atoms with Crippen LogP contribution >= 0.6 is 11.3 Å². The van der Waals surface area contributed by atoms with Crippen LogP contribution in [0.4, 0.5) is 23.4 Å². The smallest absolute Gasteiger partial charge is 0.374 e. The summed E-state index contributed by atoms with van der Waals surface area (Å²) in [6.45, 7) is 0. The number of amides is 1. The number of nitrogens with one attached hydrogen (secondary N) is 1. The van der Waals surface area contributed by atoms with Gasteiger partial charge in [-0.05, 0) is 19.3 Å². The molecule has 0 radical (unpaired) electrons. The first-order valence-corrected chi connectivity index (χ1v) is 6.64. The molecular weight excluding hydrogens is 281 g/mol. The number of anilines is 2. The Hall–Kier alpha value is -1.38. The number of carbonyl (C=O) groups excluding carboxylic acids is 1. The van der Waals surface area contributed by atoms with Gasteiger partial charge in [0.05, 0.1) is 5.92 Å². The Morgan fingerprint density at radius 2 is 2.11 bits per heavy atom. The third kappa shape index (κ3) is 3.55. The summed E-state index contributed by atoms with van der Waals surface area (Å²) in [6.07, 6.45) is -3.43. The van der Waals surface area contributed by atoms with E-state index in [0.717, 1.165) is 11.3 Å². The van der Waals surface area contributed by atoms with Gasteiger partial charge in [-0.1, -0.05) is 17.8 Å². The lowest BCUT2D eigenvalue weighted by Gasteiger charge is -2.29. The van der Waals surface area contributed by atoms with Gasteiger partial charge in [0, 0.05) is 5.92 Å². The molecule has 1 amide bonds. The molecule has 3 N–H and O–H groups in total. The van der Waals surface area contributed by atoms with Crippen LogP contribution < -0.4 is 11.1 Å². The predicted octanol–water partition coefficient (Wildman–Crippen LogP) is 2.43. The van der Waals surface area contributed by atoms with E-state index in [1.165, 1.54) is 0 Å². The summed E-state index contributed by atoms with van der Waals surface area (Å²) in [4.78, 5) is 11.9. The summed E-state index contributed by atoms with van der Waals surface area (Å²) in [6, 6.07) is 0. The SMILES string of the molecule is Nc1nnc(NC(=O)C2CCCC(C(F)(F)F)C2)s1. The fraction of sp³-hybridized carbons (Fsp3) is 0.700. The molecule has 1 aliphatic rings. The summed E-state index contributed by atoms with van der Waals surface area (Å²) in [5.41, 5.74) is 5.36. The molecule has 1 aromatic rings. The molecule has 0 spiro atoms. The maximum absolute atomic E-state index is 12.6. The Labute approximate surface area is 111 Å². The van der Waals surface area contributed by atoms with Crippen LogP contribution in [0.25, 0.3) is 0 Å². The Morgan fingerprint density at radius 3 is 2.68 bits per heavy atom. The van der Waals surface area contributed by atoms with Gasteiger partial charge in [-0.2, -0.15) is 13.2 Å². The van der Waals surface area contributed by atoms with Crippen LogP contribution in [0.1, 0.15) is 25.7 Å². The number of halogens is 3. The number of aromatic nitrogens is 2. The molecular formula is C10H13F3N4OS. The van der Waals surface area contributed by atoms with E-state index in [9.17, 15) is 18.0 Å². The molecule has 19 heavy (non-hydrogen) atoms. The van der Waals surface area contributed by atoms with E-state index in [0.29, 0.717) is 12.8 Å².